The third kappa shape index (κ3) is 4.94. The van der Waals surface area contributed by atoms with E-state index in [2.05, 4.69) is 10.2 Å². The van der Waals surface area contributed by atoms with E-state index in [0.717, 1.165) is 25.3 Å². The number of piperidine rings is 1. The molecule has 0 radical (unpaired) electrons. The molecule has 168 valence electrons. The number of methoxy groups -OCH3 is 2. The third-order valence-corrected chi connectivity index (χ3v) is 5.80. The predicted octanol–water partition coefficient (Wildman–Crippen LogP) is 3.77. The van der Waals surface area contributed by atoms with E-state index in [1.807, 2.05) is 48.5 Å². The van der Waals surface area contributed by atoms with E-state index in [0.29, 0.717) is 34.9 Å². The van der Waals surface area contributed by atoms with Crippen LogP contribution in [0.15, 0.2) is 54.7 Å². The molecule has 3 aromatic rings. The van der Waals surface area contributed by atoms with Crippen LogP contribution in [-0.4, -0.2) is 61.0 Å². The molecule has 0 unspecified atom stereocenters. The van der Waals surface area contributed by atoms with Gasteiger partial charge < -0.3 is 19.7 Å². The smallest absolute Gasteiger partial charge is 0.255 e. The highest BCUT2D eigenvalue weighted by atomic mass is 16.5. The molecule has 1 saturated heterocycles. The number of rotatable bonds is 8. The zero-order chi connectivity index (χ0) is 22.3. The van der Waals surface area contributed by atoms with E-state index in [1.54, 1.807) is 25.1 Å². The van der Waals surface area contributed by atoms with Crippen molar-refractivity contribution in [3.05, 3.63) is 60.3 Å². The number of likely N-dealkylation sites (tertiary alicyclic amines) is 1. The van der Waals surface area contributed by atoms with Crippen LogP contribution in [0.25, 0.3) is 16.9 Å². The number of hydrogen-bond acceptors (Lipinski definition) is 5. The van der Waals surface area contributed by atoms with Gasteiger partial charge in [0.05, 0.1) is 25.5 Å². The van der Waals surface area contributed by atoms with Gasteiger partial charge in [-0.1, -0.05) is 24.6 Å². The van der Waals surface area contributed by atoms with Gasteiger partial charge in [-0.25, -0.2) is 4.68 Å². The van der Waals surface area contributed by atoms with Crippen LogP contribution in [0.3, 0.4) is 0 Å². The van der Waals surface area contributed by atoms with Gasteiger partial charge in [-0.3, -0.25) is 4.79 Å². The summed E-state index contributed by atoms with van der Waals surface area (Å²) in [6, 6.07) is 15.3. The van der Waals surface area contributed by atoms with Gasteiger partial charge >= 0.3 is 0 Å². The molecule has 4 rings (SSSR count). The first-order valence-corrected chi connectivity index (χ1v) is 11.1. The van der Waals surface area contributed by atoms with Crippen molar-refractivity contribution in [1.29, 1.82) is 0 Å². The molecule has 0 spiro atoms. The Labute approximate surface area is 188 Å². The Balaban J connectivity index is 1.64. The molecule has 0 aliphatic carbocycles. The SMILES string of the molecule is COc1ccc(OC)c(-c2nn(-c3ccccc3)cc2C(=O)NCCN2CCCCC2)c1. The van der Waals surface area contributed by atoms with Gasteiger partial charge in [0.25, 0.3) is 5.91 Å². The van der Waals surface area contributed by atoms with Crippen molar-refractivity contribution in [3.63, 3.8) is 0 Å². The molecule has 1 fully saturated rings. The second-order valence-corrected chi connectivity index (χ2v) is 7.90. The molecule has 1 aromatic heterocycles. The van der Waals surface area contributed by atoms with Crippen molar-refractivity contribution in [1.82, 2.24) is 20.0 Å². The maximum Gasteiger partial charge on any atom is 0.255 e. The van der Waals surface area contributed by atoms with E-state index >= 15 is 0 Å². The minimum Gasteiger partial charge on any atom is -0.497 e. The number of carbonyl (C=O) groups is 1. The van der Waals surface area contributed by atoms with Crippen LogP contribution >= 0.6 is 0 Å². The fourth-order valence-electron chi connectivity index (χ4n) is 4.06. The van der Waals surface area contributed by atoms with Crippen LogP contribution in [0, 0.1) is 0 Å². The lowest BCUT2D eigenvalue weighted by Gasteiger charge is -2.26. The first-order valence-electron chi connectivity index (χ1n) is 11.1. The first-order chi connectivity index (χ1) is 15.7. The van der Waals surface area contributed by atoms with Crippen LogP contribution < -0.4 is 14.8 Å². The lowest BCUT2D eigenvalue weighted by Crippen LogP contribution is -2.37. The monoisotopic (exact) mass is 434 g/mol. The number of carbonyl (C=O) groups excluding carboxylic acids is 1. The number of ether oxygens (including phenoxy) is 2. The minimum atomic E-state index is -0.149. The molecule has 1 N–H and O–H groups in total. The fraction of sp³-hybridized carbons (Fsp3) is 0.360. The lowest BCUT2D eigenvalue weighted by atomic mass is 10.1. The summed E-state index contributed by atoms with van der Waals surface area (Å²) in [6.07, 6.45) is 5.54. The maximum absolute atomic E-state index is 13.2. The van der Waals surface area contributed by atoms with E-state index in [4.69, 9.17) is 14.6 Å². The summed E-state index contributed by atoms with van der Waals surface area (Å²) in [5, 5.41) is 7.84. The van der Waals surface area contributed by atoms with E-state index < -0.39 is 0 Å². The Morgan fingerprint density at radius 2 is 1.81 bits per heavy atom. The second kappa shape index (κ2) is 10.3. The van der Waals surface area contributed by atoms with Crippen LogP contribution in [0.2, 0.25) is 0 Å². The maximum atomic E-state index is 13.2. The molecular weight excluding hydrogens is 404 g/mol. The van der Waals surface area contributed by atoms with Gasteiger partial charge in [0, 0.05) is 24.8 Å². The standard InChI is InChI=1S/C25H30N4O3/c1-31-20-11-12-23(32-2)21(17-20)24-22(18-29(27-24)19-9-5-3-6-10-19)25(30)26-13-16-28-14-7-4-8-15-28/h3,5-6,9-12,17-18H,4,7-8,13-16H2,1-2H3,(H,26,30). The number of nitrogens with zero attached hydrogens (tertiary/aromatic N) is 3. The van der Waals surface area contributed by atoms with E-state index in [9.17, 15) is 4.79 Å². The summed E-state index contributed by atoms with van der Waals surface area (Å²) in [6.45, 7) is 3.67. The molecule has 2 aromatic carbocycles. The molecule has 0 saturated carbocycles. The topological polar surface area (TPSA) is 68.6 Å². The Kier molecular flexibility index (Phi) is 7.07. The average molecular weight is 435 g/mol. The second-order valence-electron chi connectivity index (χ2n) is 7.90. The Hall–Kier alpha value is -3.32. The number of amides is 1. The van der Waals surface area contributed by atoms with Crippen molar-refractivity contribution in [2.24, 2.45) is 0 Å². The minimum absolute atomic E-state index is 0.149. The van der Waals surface area contributed by atoms with Crippen LogP contribution in [-0.2, 0) is 0 Å². The largest absolute Gasteiger partial charge is 0.497 e. The summed E-state index contributed by atoms with van der Waals surface area (Å²) in [7, 11) is 3.22. The first kappa shape index (κ1) is 21.9. The quantitative estimate of drug-likeness (QED) is 0.585. The van der Waals surface area contributed by atoms with Crippen molar-refractivity contribution in [3.8, 4) is 28.4 Å². The van der Waals surface area contributed by atoms with E-state index in [-0.39, 0.29) is 5.91 Å². The molecule has 2 heterocycles. The van der Waals surface area contributed by atoms with Crippen LogP contribution in [0.5, 0.6) is 11.5 Å². The van der Waals surface area contributed by atoms with Crippen LogP contribution in [0.4, 0.5) is 0 Å². The Morgan fingerprint density at radius 1 is 1.03 bits per heavy atom. The Bertz CT molecular complexity index is 1040. The van der Waals surface area contributed by atoms with Gasteiger partial charge in [0.2, 0.25) is 0 Å². The molecule has 1 aliphatic heterocycles. The highest BCUT2D eigenvalue weighted by molar-refractivity contribution is 6.00. The molecular formula is C25H30N4O3. The summed E-state index contributed by atoms with van der Waals surface area (Å²) >= 11 is 0. The van der Waals surface area contributed by atoms with Gasteiger partial charge in [-0.05, 0) is 56.3 Å². The highest BCUT2D eigenvalue weighted by Gasteiger charge is 2.22. The zero-order valence-electron chi connectivity index (χ0n) is 18.7. The van der Waals surface area contributed by atoms with E-state index in [1.165, 1.54) is 19.3 Å². The molecule has 1 aliphatic rings. The molecule has 1 amide bonds. The summed E-state index contributed by atoms with van der Waals surface area (Å²) in [4.78, 5) is 15.6. The van der Waals surface area contributed by atoms with Gasteiger partial charge in [0.1, 0.15) is 17.2 Å². The van der Waals surface area contributed by atoms with Crippen molar-refractivity contribution >= 4 is 5.91 Å². The Morgan fingerprint density at radius 3 is 2.53 bits per heavy atom. The van der Waals surface area contributed by atoms with Crippen LogP contribution in [0.1, 0.15) is 29.6 Å². The molecule has 7 heteroatoms. The molecule has 7 nitrogen and oxygen atoms in total. The number of para-hydroxylation sites is 1. The molecule has 32 heavy (non-hydrogen) atoms. The zero-order valence-corrected chi connectivity index (χ0v) is 18.7. The fourth-order valence-corrected chi connectivity index (χ4v) is 4.06. The lowest BCUT2D eigenvalue weighted by molar-refractivity contribution is 0.0947. The van der Waals surface area contributed by atoms with Crippen molar-refractivity contribution in [2.45, 2.75) is 19.3 Å². The summed E-state index contributed by atoms with van der Waals surface area (Å²) < 4.78 is 12.7. The van der Waals surface area contributed by atoms with Gasteiger partial charge in [0.15, 0.2) is 0 Å². The predicted molar refractivity (Wildman–Crippen MR) is 125 cm³/mol. The third-order valence-electron chi connectivity index (χ3n) is 5.80. The highest BCUT2D eigenvalue weighted by Crippen LogP contribution is 2.35. The van der Waals surface area contributed by atoms with Crippen molar-refractivity contribution < 1.29 is 14.3 Å². The molecule has 0 bridgehead atoms. The number of nitrogens with one attached hydrogen (secondary N) is 1. The number of aromatic nitrogens is 2. The number of hydrogen-bond donors (Lipinski definition) is 1. The van der Waals surface area contributed by atoms with Gasteiger partial charge in [-0.15, -0.1) is 0 Å². The average Bonchev–Trinajstić information content (AvgIpc) is 3.30. The summed E-state index contributed by atoms with van der Waals surface area (Å²) in [5.41, 5.74) is 2.64. The summed E-state index contributed by atoms with van der Waals surface area (Å²) in [5.74, 6) is 1.15. The van der Waals surface area contributed by atoms with Gasteiger partial charge in [-0.2, -0.15) is 5.10 Å². The molecule has 0 atom stereocenters. The normalized spacial score (nSPS) is 14.2. The van der Waals surface area contributed by atoms with Crippen molar-refractivity contribution in [2.75, 3.05) is 40.4 Å². The number of benzene rings is 2.